The summed E-state index contributed by atoms with van der Waals surface area (Å²) >= 11 is 0. The third-order valence-corrected chi connectivity index (χ3v) is 4.02. The Bertz CT molecular complexity index is 981. The summed E-state index contributed by atoms with van der Waals surface area (Å²) in [7, 11) is 0. The van der Waals surface area contributed by atoms with Crippen LogP contribution in [0, 0.1) is 6.92 Å². The van der Waals surface area contributed by atoms with Gasteiger partial charge in [-0.1, -0.05) is 12.1 Å². The number of para-hydroxylation sites is 1. The van der Waals surface area contributed by atoms with Gasteiger partial charge in [0.1, 0.15) is 0 Å². The lowest BCUT2D eigenvalue weighted by atomic mass is 10.1. The van der Waals surface area contributed by atoms with Crippen molar-refractivity contribution in [3.63, 3.8) is 0 Å². The minimum atomic E-state index is -4.66. The molecule has 1 heterocycles. The van der Waals surface area contributed by atoms with Crippen LogP contribution in [0.2, 0.25) is 0 Å². The Kier molecular flexibility index (Phi) is 5.21. The van der Waals surface area contributed by atoms with Gasteiger partial charge < -0.3 is 10.1 Å². The molecule has 0 spiro atoms. The molecule has 7 nitrogen and oxygen atoms in total. The summed E-state index contributed by atoms with van der Waals surface area (Å²) in [5.74, 6) is -1.71. The third kappa shape index (κ3) is 4.38. The first-order valence-electron chi connectivity index (χ1n) is 8.41. The molecule has 0 saturated heterocycles. The molecule has 0 aliphatic heterocycles. The lowest BCUT2D eigenvalue weighted by Crippen LogP contribution is -2.32. The van der Waals surface area contributed by atoms with Gasteiger partial charge in [-0.2, -0.15) is 18.3 Å². The maximum absolute atomic E-state index is 13.3. The van der Waals surface area contributed by atoms with Crippen molar-refractivity contribution in [2.75, 3.05) is 6.61 Å². The molecule has 1 fully saturated rings. The SMILES string of the molecule is Cc1cc(=O)c(C(=O)OCC(=O)NC2CC2)nn1-c1ccccc1C(F)(F)F. The molecule has 3 rings (SSSR count). The summed E-state index contributed by atoms with van der Waals surface area (Å²) in [5.41, 5.74) is -2.73. The highest BCUT2D eigenvalue weighted by Gasteiger charge is 2.34. The molecule has 0 bridgehead atoms. The molecule has 1 aromatic heterocycles. The van der Waals surface area contributed by atoms with Crippen molar-refractivity contribution >= 4 is 11.9 Å². The van der Waals surface area contributed by atoms with Crippen LogP contribution in [-0.2, 0) is 15.7 Å². The molecule has 0 unspecified atom stereocenters. The van der Waals surface area contributed by atoms with Crippen molar-refractivity contribution in [1.82, 2.24) is 15.1 Å². The molecule has 1 aromatic carbocycles. The molecule has 28 heavy (non-hydrogen) atoms. The van der Waals surface area contributed by atoms with Crippen LogP contribution in [0.25, 0.3) is 5.69 Å². The van der Waals surface area contributed by atoms with Gasteiger partial charge in [-0.3, -0.25) is 9.59 Å². The second-order valence-corrected chi connectivity index (χ2v) is 6.34. The first-order valence-corrected chi connectivity index (χ1v) is 8.41. The zero-order chi connectivity index (χ0) is 20.5. The Labute approximate surface area is 157 Å². The van der Waals surface area contributed by atoms with Crippen molar-refractivity contribution in [2.45, 2.75) is 32.0 Å². The van der Waals surface area contributed by atoms with Crippen LogP contribution >= 0.6 is 0 Å². The maximum Gasteiger partial charge on any atom is 0.418 e. The predicted octanol–water partition coefficient (Wildman–Crippen LogP) is 2.00. The lowest BCUT2D eigenvalue weighted by Gasteiger charge is -2.16. The van der Waals surface area contributed by atoms with Gasteiger partial charge in [0.25, 0.3) is 5.91 Å². The fourth-order valence-electron chi connectivity index (χ4n) is 2.53. The zero-order valence-corrected chi connectivity index (χ0v) is 14.7. The van der Waals surface area contributed by atoms with E-state index < -0.39 is 41.3 Å². The van der Waals surface area contributed by atoms with Crippen molar-refractivity contribution in [3.8, 4) is 5.69 Å². The number of carbonyl (C=O) groups excluding carboxylic acids is 2. The van der Waals surface area contributed by atoms with Gasteiger partial charge in [0.15, 0.2) is 6.61 Å². The molecule has 2 aromatic rings. The quantitative estimate of drug-likeness (QED) is 0.782. The number of esters is 1. The molecule has 1 aliphatic carbocycles. The summed E-state index contributed by atoms with van der Waals surface area (Å²) in [6.07, 6.45) is -2.96. The number of carbonyl (C=O) groups is 2. The van der Waals surface area contributed by atoms with Crippen LogP contribution in [0.4, 0.5) is 13.2 Å². The van der Waals surface area contributed by atoms with Crippen molar-refractivity contribution in [3.05, 3.63) is 57.5 Å². The third-order valence-electron chi connectivity index (χ3n) is 4.02. The van der Waals surface area contributed by atoms with Gasteiger partial charge >= 0.3 is 12.1 Å². The van der Waals surface area contributed by atoms with Gasteiger partial charge in [-0.05, 0) is 31.9 Å². The van der Waals surface area contributed by atoms with E-state index in [0.717, 1.165) is 29.7 Å². The molecular weight excluding hydrogens is 379 g/mol. The Hall–Kier alpha value is -3.17. The summed E-state index contributed by atoms with van der Waals surface area (Å²) in [5, 5.41) is 6.37. The van der Waals surface area contributed by atoms with E-state index in [1.165, 1.54) is 25.1 Å². The normalized spacial score (nSPS) is 13.9. The number of nitrogens with zero attached hydrogens (tertiary/aromatic N) is 2. The number of amides is 1. The van der Waals surface area contributed by atoms with E-state index >= 15 is 0 Å². The van der Waals surface area contributed by atoms with E-state index in [0.29, 0.717) is 0 Å². The maximum atomic E-state index is 13.3. The van der Waals surface area contributed by atoms with Crippen molar-refractivity contribution in [2.24, 2.45) is 0 Å². The van der Waals surface area contributed by atoms with Crippen LogP contribution < -0.4 is 10.7 Å². The number of nitrogens with one attached hydrogen (secondary N) is 1. The van der Waals surface area contributed by atoms with E-state index in [4.69, 9.17) is 4.74 Å². The molecule has 10 heteroatoms. The molecular formula is C18H16F3N3O4. The number of halogens is 3. The van der Waals surface area contributed by atoms with Crippen LogP contribution in [0.1, 0.15) is 34.6 Å². The number of ether oxygens (including phenoxy) is 1. The number of rotatable bonds is 5. The monoisotopic (exact) mass is 395 g/mol. The summed E-state index contributed by atoms with van der Waals surface area (Å²) in [4.78, 5) is 35.8. The highest BCUT2D eigenvalue weighted by Crippen LogP contribution is 2.33. The second kappa shape index (κ2) is 7.45. The Balaban J connectivity index is 1.90. The van der Waals surface area contributed by atoms with Gasteiger partial charge in [-0.25, -0.2) is 9.48 Å². The average Bonchev–Trinajstić information content (AvgIpc) is 3.43. The molecule has 0 atom stereocenters. The molecule has 0 radical (unpaired) electrons. The minimum absolute atomic E-state index is 0.0693. The molecule has 1 aliphatic rings. The number of benzene rings is 1. The standard InChI is InChI=1S/C18H16F3N3O4/c1-10-8-14(25)16(17(27)28-9-15(26)22-11-6-7-11)23-24(10)13-5-3-2-4-12(13)18(19,20)21/h2-5,8,11H,6-7,9H2,1H3,(H,22,26). The molecule has 1 saturated carbocycles. The average molecular weight is 395 g/mol. The Morgan fingerprint density at radius 1 is 1.29 bits per heavy atom. The van der Waals surface area contributed by atoms with E-state index in [2.05, 4.69) is 10.4 Å². The topological polar surface area (TPSA) is 90.3 Å². The second-order valence-electron chi connectivity index (χ2n) is 6.34. The van der Waals surface area contributed by atoms with Crippen molar-refractivity contribution in [1.29, 1.82) is 0 Å². The summed E-state index contributed by atoms with van der Waals surface area (Å²) in [6, 6.07) is 5.70. The predicted molar refractivity (Wildman–Crippen MR) is 91.0 cm³/mol. The fourth-order valence-corrected chi connectivity index (χ4v) is 2.53. The number of hydrogen-bond acceptors (Lipinski definition) is 5. The van der Waals surface area contributed by atoms with Crippen molar-refractivity contribution < 1.29 is 27.5 Å². The van der Waals surface area contributed by atoms with E-state index in [1.807, 2.05) is 0 Å². The number of alkyl halides is 3. The number of aryl methyl sites for hydroxylation is 1. The first-order chi connectivity index (χ1) is 13.2. The fraction of sp³-hybridized carbons (Fsp3) is 0.333. The van der Waals surface area contributed by atoms with Crippen LogP contribution in [0.5, 0.6) is 0 Å². The van der Waals surface area contributed by atoms with E-state index in [9.17, 15) is 27.6 Å². The van der Waals surface area contributed by atoms with Gasteiger partial charge in [0.05, 0.1) is 11.3 Å². The van der Waals surface area contributed by atoms with E-state index in [1.54, 1.807) is 0 Å². The number of aromatic nitrogens is 2. The first kappa shape index (κ1) is 19.6. The molecule has 148 valence electrons. The lowest BCUT2D eigenvalue weighted by molar-refractivity contribution is -0.137. The zero-order valence-electron chi connectivity index (χ0n) is 14.7. The van der Waals surface area contributed by atoms with Crippen LogP contribution in [0.15, 0.2) is 35.1 Å². The van der Waals surface area contributed by atoms with Gasteiger partial charge in [0, 0.05) is 17.8 Å². The van der Waals surface area contributed by atoms with Gasteiger partial charge in [-0.15, -0.1) is 0 Å². The highest BCUT2D eigenvalue weighted by atomic mass is 19.4. The van der Waals surface area contributed by atoms with Crippen LogP contribution in [-0.4, -0.2) is 34.3 Å². The van der Waals surface area contributed by atoms with Crippen LogP contribution in [0.3, 0.4) is 0 Å². The van der Waals surface area contributed by atoms with E-state index in [-0.39, 0.29) is 17.4 Å². The number of hydrogen-bond donors (Lipinski definition) is 1. The molecule has 1 N–H and O–H groups in total. The Morgan fingerprint density at radius 2 is 1.96 bits per heavy atom. The van der Waals surface area contributed by atoms with Gasteiger partial charge in [0.2, 0.25) is 11.1 Å². The Morgan fingerprint density at radius 3 is 2.61 bits per heavy atom. The molecule has 1 amide bonds. The minimum Gasteiger partial charge on any atom is -0.451 e. The summed E-state index contributed by atoms with van der Waals surface area (Å²) < 4.78 is 45.5. The smallest absolute Gasteiger partial charge is 0.418 e. The summed E-state index contributed by atoms with van der Waals surface area (Å²) in [6.45, 7) is 0.781. The highest BCUT2D eigenvalue weighted by molar-refractivity contribution is 5.89. The largest absolute Gasteiger partial charge is 0.451 e.